The lowest BCUT2D eigenvalue weighted by Crippen LogP contribution is -2.30. The van der Waals surface area contributed by atoms with Gasteiger partial charge < -0.3 is 14.8 Å². The maximum absolute atomic E-state index is 6.07. The Labute approximate surface area is 108 Å². The van der Waals surface area contributed by atoms with Crippen LogP contribution >= 0.6 is 11.6 Å². The molecule has 96 valence electrons. The zero-order valence-electron chi connectivity index (χ0n) is 10.8. The number of benzene rings is 1. The molecule has 0 radical (unpaired) electrons. The lowest BCUT2D eigenvalue weighted by Gasteiger charge is -2.23. The molecule has 1 aromatic carbocycles. The molecule has 1 aromatic rings. The van der Waals surface area contributed by atoms with Crippen LogP contribution in [-0.2, 0) is 4.74 Å². The molecule has 0 heterocycles. The van der Waals surface area contributed by atoms with E-state index in [1.54, 1.807) is 14.2 Å². The van der Waals surface area contributed by atoms with Crippen molar-refractivity contribution in [2.45, 2.75) is 19.9 Å². The molecule has 0 fully saturated rings. The first-order valence-electron chi connectivity index (χ1n) is 5.67. The van der Waals surface area contributed by atoms with Gasteiger partial charge in [0.05, 0.1) is 24.8 Å². The van der Waals surface area contributed by atoms with Gasteiger partial charge in [0.2, 0.25) is 0 Å². The van der Waals surface area contributed by atoms with E-state index < -0.39 is 0 Å². The average Bonchev–Trinajstić information content (AvgIpc) is 2.28. The van der Waals surface area contributed by atoms with Crippen LogP contribution in [0.1, 0.15) is 13.8 Å². The van der Waals surface area contributed by atoms with Crippen molar-refractivity contribution in [2.75, 3.05) is 26.1 Å². The molecule has 0 saturated carbocycles. The van der Waals surface area contributed by atoms with Gasteiger partial charge in [-0.2, -0.15) is 0 Å². The summed E-state index contributed by atoms with van der Waals surface area (Å²) in [6, 6.07) is 5.94. The quantitative estimate of drug-likeness (QED) is 0.847. The highest BCUT2D eigenvalue weighted by molar-refractivity contribution is 6.32. The molecule has 1 atom stereocenters. The van der Waals surface area contributed by atoms with Crippen molar-refractivity contribution >= 4 is 17.3 Å². The Morgan fingerprint density at radius 2 is 2.00 bits per heavy atom. The van der Waals surface area contributed by atoms with Crippen LogP contribution in [0.4, 0.5) is 5.69 Å². The van der Waals surface area contributed by atoms with E-state index in [-0.39, 0.29) is 6.04 Å². The average molecular weight is 258 g/mol. The summed E-state index contributed by atoms with van der Waals surface area (Å²) in [5.41, 5.74) is 0.978. The van der Waals surface area contributed by atoms with Gasteiger partial charge in [-0.25, -0.2) is 0 Å². The van der Waals surface area contributed by atoms with E-state index in [4.69, 9.17) is 21.1 Å². The summed E-state index contributed by atoms with van der Waals surface area (Å²) >= 11 is 6.07. The summed E-state index contributed by atoms with van der Waals surface area (Å²) in [7, 11) is 3.31. The van der Waals surface area contributed by atoms with E-state index in [0.717, 1.165) is 5.69 Å². The minimum absolute atomic E-state index is 0.268. The molecule has 1 rings (SSSR count). The van der Waals surface area contributed by atoms with Gasteiger partial charge in [-0.15, -0.1) is 0 Å². The molecule has 0 aliphatic rings. The number of nitrogens with one attached hydrogen (secondary N) is 1. The first-order valence-corrected chi connectivity index (χ1v) is 6.05. The maximum Gasteiger partial charge on any atom is 0.137 e. The van der Waals surface area contributed by atoms with Crippen molar-refractivity contribution < 1.29 is 9.47 Å². The van der Waals surface area contributed by atoms with Gasteiger partial charge in [0, 0.05) is 12.8 Å². The molecule has 0 aliphatic heterocycles. The van der Waals surface area contributed by atoms with Crippen molar-refractivity contribution in [1.82, 2.24) is 0 Å². The molecule has 0 saturated heterocycles. The van der Waals surface area contributed by atoms with Crippen LogP contribution in [0.5, 0.6) is 5.75 Å². The van der Waals surface area contributed by atoms with Gasteiger partial charge in [-0.05, 0) is 24.1 Å². The largest absolute Gasteiger partial charge is 0.495 e. The van der Waals surface area contributed by atoms with E-state index in [1.807, 2.05) is 18.2 Å². The first kappa shape index (κ1) is 14.1. The van der Waals surface area contributed by atoms with Crippen LogP contribution in [0.25, 0.3) is 0 Å². The van der Waals surface area contributed by atoms with Gasteiger partial charge in [0.1, 0.15) is 5.75 Å². The molecule has 1 unspecified atom stereocenters. The van der Waals surface area contributed by atoms with Crippen LogP contribution in [-0.4, -0.2) is 26.9 Å². The molecular weight excluding hydrogens is 238 g/mol. The van der Waals surface area contributed by atoms with E-state index >= 15 is 0 Å². The standard InChI is InChI=1S/C13H20ClNO2/c1-9(2)12(8-16-3)15-10-5-6-13(17-4)11(14)7-10/h5-7,9,12,15H,8H2,1-4H3. The van der Waals surface area contributed by atoms with Gasteiger partial charge >= 0.3 is 0 Å². The molecule has 0 aromatic heterocycles. The van der Waals surface area contributed by atoms with Crippen LogP contribution in [0.15, 0.2) is 18.2 Å². The fourth-order valence-corrected chi connectivity index (χ4v) is 1.81. The summed E-state index contributed by atoms with van der Waals surface area (Å²) in [4.78, 5) is 0. The minimum atomic E-state index is 0.268. The van der Waals surface area contributed by atoms with Crippen molar-refractivity contribution in [3.8, 4) is 5.75 Å². The molecule has 17 heavy (non-hydrogen) atoms. The molecular formula is C13H20ClNO2. The third-order valence-electron chi connectivity index (χ3n) is 2.65. The fourth-order valence-electron chi connectivity index (χ4n) is 1.55. The Morgan fingerprint density at radius 3 is 2.47 bits per heavy atom. The van der Waals surface area contributed by atoms with Crippen molar-refractivity contribution in [3.05, 3.63) is 23.2 Å². The van der Waals surface area contributed by atoms with Gasteiger partial charge in [-0.3, -0.25) is 0 Å². The van der Waals surface area contributed by atoms with E-state index in [2.05, 4.69) is 19.2 Å². The molecule has 0 amide bonds. The normalized spacial score (nSPS) is 12.6. The third-order valence-corrected chi connectivity index (χ3v) is 2.95. The third kappa shape index (κ3) is 4.10. The number of ether oxygens (including phenoxy) is 2. The Balaban J connectivity index is 2.76. The second kappa shape index (κ2) is 6.72. The second-order valence-electron chi connectivity index (χ2n) is 4.30. The van der Waals surface area contributed by atoms with Crippen LogP contribution < -0.4 is 10.1 Å². The Kier molecular flexibility index (Phi) is 5.59. The number of hydrogen-bond acceptors (Lipinski definition) is 3. The number of halogens is 1. The van der Waals surface area contributed by atoms with Crippen molar-refractivity contribution in [2.24, 2.45) is 5.92 Å². The number of rotatable bonds is 6. The summed E-state index contributed by atoms with van der Waals surface area (Å²) < 4.78 is 10.3. The fraction of sp³-hybridized carbons (Fsp3) is 0.538. The van der Waals surface area contributed by atoms with Crippen LogP contribution in [0.3, 0.4) is 0 Å². The summed E-state index contributed by atoms with van der Waals surface area (Å²) in [6.07, 6.45) is 0. The lowest BCUT2D eigenvalue weighted by atomic mass is 10.1. The summed E-state index contributed by atoms with van der Waals surface area (Å²) in [5, 5.41) is 4.02. The highest BCUT2D eigenvalue weighted by atomic mass is 35.5. The highest BCUT2D eigenvalue weighted by Crippen LogP contribution is 2.27. The lowest BCUT2D eigenvalue weighted by molar-refractivity contribution is 0.171. The van der Waals surface area contributed by atoms with Crippen LogP contribution in [0.2, 0.25) is 5.02 Å². The molecule has 1 N–H and O–H groups in total. The van der Waals surface area contributed by atoms with Crippen LogP contribution in [0, 0.1) is 5.92 Å². The smallest absolute Gasteiger partial charge is 0.137 e. The highest BCUT2D eigenvalue weighted by Gasteiger charge is 2.13. The molecule has 0 bridgehead atoms. The van der Waals surface area contributed by atoms with Gasteiger partial charge in [-0.1, -0.05) is 25.4 Å². The Morgan fingerprint density at radius 1 is 1.29 bits per heavy atom. The van der Waals surface area contributed by atoms with Crippen molar-refractivity contribution in [3.63, 3.8) is 0 Å². The van der Waals surface area contributed by atoms with E-state index in [9.17, 15) is 0 Å². The van der Waals surface area contributed by atoms with Gasteiger partial charge in [0.15, 0.2) is 0 Å². The van der Waals surface area contributed by atoms with E-state index in [1.165, 1.54) is 0 Å². The zero-order chi connectivity index (χ0) is 12.8. The second-order valence-corrected chi connectivity index (χ2v) is 4.71. The minimum Gasteiger partial charge on any atom is -0.495 e. The number of hydrogen-bond donors (Lipinski definition) is 1. The van der Waals surface area contributed by atoms with Gasteiger partial charge in [0.25, 0.3) is 0 Å². The zero-order valence-corrected chi connectivity index (χ0v) is 11.5. The predicted molar refractivity (Wildman–Crippen MR) is 72.1 cm³/mol. The molecule has 0 aliphatic carbocycles. The predicted octanol–water partition coefficient (Wildman–Crippen LogP) is 3.43. The Bertz CT molecular complexity index is 355. The number of methoxy groups -OCH3 is 2. The monoisotopic (exact) mass is 257 g/mol. The number of anilines is 1. The first-order chi connectivity index (χ1) is 8.08. The Hall–Kier alpha value is -0.930. The SMILES string of the molecule is COCC(Nc1ccc(OC)c(Cl)c1)C(C)C. The topological polar surface area (TPSA) is 30.5 Å². The molecule has 0 spiro atoms. The van der Waals surface area contributed by atoms with Crippen molar-refractivity contribution in [1.29, 1.82) is 0 Å². The molecule has 3 nitrogen and oxygen atoms in total. The summed E-state index contributed by atoms with van der Waals surface area (Å²) in [5.74, 6) is 1.17. The summed E-state index contributed by atoms with van der Waals surface area (Å²) in [6.45, 7) is 4.98. The maximum atomic E-state index is 6.07. The molecule has 4 heteroatoms. The van der Waals surface area contributed by atoms with E-state index in [0.29, 0.717) is 23.3 Å².